The summed E-state index contributed by atoms with van der Waals surface area (Å²) in [7, 11) is 0. The molecule has 2 aromatic rings. The van der Waals surface area contributed by atoms with E-state index in [2.05, 4.69) is 34.5 Å². The molecule has 0 amide bonds. The number of pyridine rings is 1. The second kappa shape index (κ2) is 3.42. The van der Waals surface area contributed by atoms with Crippen LogP contribution in [0.1, 0.15) is 24.2 Å². The van der Waals surface area contributed by atoms with Crippen molar-refractivity contribution >= 4 is 5.52 Å². The third-order valence-corrected chi connectivity index (χ3v) is 2.65. The maximum Gasteiger partial charge on any atom is 0.0997 e. The first-order valence-corrected chi connectivity index (χ1v) is 4.86. The number of aryl methyl sites for hydroxylation is 1. The first kappa shape index (κ1) is 9.21. The Bertz CT molecular complexity index is 445. The first-order valence-electron chi connectivity index (χ1n) is 4.86. The van der Waals surface area contributed by atoms with Crippen LogP contribution in [0.3, 0.4) is 0 Å². The normalized spacial score (nSPS) is 13.4. The summed E-state index contributed by atoms with van der Waals surface area (Å²) in [6, 6.07) is 6.24. The van der Waals surface area contributed by atoms with Crippen LogP contribution < -0.4 is 5.73 Å². The number of hydrogen-bond acceptors (Lipinski definition) is 2. The molecule has 0 fully saturated rings. The van der Waals surface area contributed by atoms with Gasteiger partial charge >= 0.3 is 0 Å². The van der Waals surface area contributed by atoms with E-state index in [9.17, 15) is 0 Å². The van der Waals surface area contributed by atoms with Crippen molar-refractivity contribution in [3.05, 3.63) is 35.9 Å². The molecule has 0 aliphatic heterocycles. The van der Waals surface area contributed by atoms with Gasteiger partial charge in [-0.15, -0.1) is 0 Å². The third kappa shape index (κ3) is 1.30. The molecule has 14 heavy (non-hydrogen) atoms. The molecule has 2 aromatic heterocycles. The van der Waals surface area contributed by atoms with Crippen LogP contribution in [0.5, 0.6) is 0 Å². The maximum atomic E-state index is 5.67. The molecule has 1 atom stereocenters. The van der Waals surface area contributed by atoms with Crippen LogP contribution >= 0.6 is 0 Å². The monoisotopic (exact) mass is 189 g/mol. The summed E-state index contributed by atoms with van der Waals surface area (Å²) in [6.45, 7) is 4.81. The highest BCUT2D eigenvalue weighted by atomic mass is 15.0. The van der Waals surface area contributed by atoms with Crippen LogP contribution in [0.2, 0.25) is 0 Å². The van der Waals surface area contributed by atoms with Gasteiger partial charge in [-0.05, 0) is 19.1 Å². The van der Waals surface area contributed by atoms with Gasteiger partial charge in [0.2, 0.25) is 0 Å². The van der Waals surface area contributed by atoms with Crippen molar-refractivity contribution in [3.63, 3.8) is 0 Å². The molecule has 0 radical (unpaired) electrons. The van der Waals surface area contributed by atoms with Crippen molar-refractivity contribution in [1.29, 1.82) is 0 Å². The highest BCUT2D eigenvalue weighted by Crippen LogP contribution is 2.17. The summed E-state index contributed by atoms with van der Waals surface area (Å²) in [5.74, 6) is 0.368. The Morgan fingerprint density at radius 1 is 1.50 bits per heavy atom. The Balaban J connectivity index is 2.65. The highest BCUT2D eigenvalue weighted by Gasteiger charge is 2.08. The zero-order chi connectivity index (χ0) is 10.1. The van der Waals surface area contributed by atoms with Crippen molar-refractivity contribution in [1.82, 2.24) is 9.38 Å². The van der Waals surface area contributed by atoms with E-state index in [1.807, 2.05) is 13.3 Å². The summed E-state index contributed by atoms with van der Waals surface area (Å²) >= 11 is 0. The van der Waals surface area contributed by atoms with Crippen molar-refractivity contribution in [3.8, 4) is 0 Å². The van der Waals surface area contributed by atoms with Gasteiger partial charge in [0, 0.05) is 18.2 Å². The summed E-state index contributed by atoms with van der Waals surface area (Å²) < 4.78 is 2.12. The minimum Gasteiger partial charge on any atom is -0.330 e. The van der Waals surface area contributed by atoms with E-state index >= 15 is 0 Å². The summed E-state index contributed by atoms with van der Waals surface area (Å²) in [5.41, 5.74) is 9.13. The number of hydrogen-bond donors (Lipinski definition) is 1. The van der Waals surface area contributed by atoms with Gasteiger partial charge in [0.1, 0.15) is 0 Å². The zero-order valence-electron chi connectivity index (χ0n) is 8.57. The average Bonchev–Trinajstić information content (AvgIpc) is 2.59. The summed E-state index contributed by atoms with van der Waals surface area (Å²) in [4.78, 5) is 4.30. The fraction of sp³-hybridized carbons (Fsp3) is 0.364. The van der Waals surface area contributed by atoms with E-state index < -0.39 is 0 Å². The van der Waals surface area contributed by atoms with E-state index in [1.165, 1.54) is 11.2 Å². The molecular formula is C11H15N3. The largest absolute Gasteiger partial charge is 0.330 e. The van der Waals surface area contributed by atoms with Crippen molar-refractivity contribution in [2.45, 2.75) is 19.8 Å². The second-order valence-electron chi connectivity index (χ2n) is 3.67. The maximum absolute atomic E-state index is 5.67. The smallest absolute Gasteiger partial charge is 0.0997 e. The lowest BCUT2D eigenvalue weighted by atomic mass is 10.1. The van der Waals surface area contributed by atoms with E-state index in [-0.39, 0.29) is 0 Å². The molecule has 2 rings (SSSR count). The minimum atomic E-state index is 0.368. The van der Waals surface area contributed by atoms with Crippen LogP contribution in [0.4, 0.5) is 0 Å². The summed E-state index contributed by atoms with van der Waals surface area (Å²) in [6.07, 6.45) is 1.87. The number of fused-ring (bicyclic) bond motifs is 1. The molecule has 0 aromatic carbocycles. The Labute approximate surface area is 83.6 Å². The fourth-order valence-corrected chi connectivity index (χ4v) is 1.69. The van der Waals surface area contributed by atoms with Gasteiger partial charge in [-0.2, -0.15) is 0 Å². The van der Waals surface area contributed by atoms with E-state index in [0.29, 0.717) is 12.5 Å². The predicted octanol–water partition coefficient (Wildman–Crippen LogP) is 1.70. The predicted molar refractivity (Wildman–Crippen MR) is 57.4 cm³/mol. The molecule has 0 saturated heterocycles. The molecular weight excluding hydrogens is 174 g/mol. The quantitative estimate of drug-likeness (QED) is 0.781. The number of nitrogens with zero attached hydrogens (tertiary/aromatic N) is 2. The highest BCUT2D eigenvalue weighted by molar-refractivity contribution is 5.52. The molecule has 0 aliphatic rings. The van der Waals surface area contributed by atoms with Crippen LogP contribution in [0.15, 0.2) is 24.5 Å². The van der Waals surface area contributed by atoms with E-state index in [0.717, 1.165) is 5.69 Å². The molecule has 1 unspecified atom stereocenters. The fourth-order valence-electron chi connectivity index (χ4n) is 1.69. The SMILES string of the molecule is Cc1ncn2c(C(C)CN)cccc12. The number of nitrogens with two attached hydrogens (primary N) is 1. The minimum absolute atomic E-state index is 0.368. The zero-order valence-corrected chi connectivity index (χ0v) is 8.57. The van der Waals surface area contributed by atoms with Gasteiger partial charge in [-0.3, -0.25) is 0 Å². The molecule has 3 heteroatoms. The van der Waals surface area contributed by atoms with Crippen LogP contribution in [0.25, 0.3) is 5.52 Å². The van der Waals surface area contributed by atoms with Gasteiger partial charge < -0.3 is 10.1 Å². The van der Waals surface area contributed by atoms with Crippen LogP contribution in [-0.4, -0.2) is 15.9 Å². The molecule has 0 spiro atoms. The topological polar surface area (TPSA) is 43.3 Å². The van der Waals surface area contributed by atoms with Crippen molar-refractivity contribution in [2.75, 3.05) is 6.54 Å². The average molecular weight is 189 g/mol. The van der Waals surface area contributed by atoms with E-state index in [1.54, 1.807) is 0 Å². The molecule has 0 bridgehead atoms. The van der Waals surface area contributed by atoms with Gasteiger partial charge in [0.15, 0.2) is 0 Å². The number of rotatable bonds is 2. The lowest BCUT2D eigenvalue weighted by Crippen LogP contribution is -2.11. The lowest BCUT2D eigenvalue weighted by Gasteiger charge is -2.11. The Hall–Kier alpha value is -1.35. The Morgan fingerprint density at radius 2 is 2.29 bits per heavy atom. The molecule has 0 aliphatic carbocycles. The van der Waals surface area contributed by atoms with Gasteiger partial charge in [0.05, 0.1) is 17.5 Å². The molecule has 2 heterocycles. The third-order valence-electron chi connectivity index (χ3n) is 2.65. The Kier molecular flexibility index (Phi) is 2.25. The number of aromatic nitrogens is 2. The standard InChI is InChI=1S/C11H15N3/c1-8(6-12)10-4-3-5-11-9(2)13-7-14(10)11/h3-5,7-8H,6,12H2,1-2H3. The second-order valence-corrected chi connectivity index (χ2v) is 3.67. The molecule has 2 N–H and O–H groups in total. The van der Waals surface area contributed by atoms with Crippen molar-refractivity contribution in [2.24, 2.45) is 5.73 Å². The van der Waals surface area contributed by atoms with E-state index in [4.69, 9.17) is 5.73 Å². The van der Waals surface area contributed by atoms with Gasteiger partial charge in [-0.25, -0.2) is 4.98 Å². The van der Waals surface area contributed by atoms with Crippen LogP contribution in [-0.2, 0) is 0 Å². The molecule has 0 saturated carbocycles. The number of imidazole rings is 1. The van der Waals surface area contributed by atoms with Crippen molar-refractivity contribution < 1.29 is 0 Å². The summed E-state index contributed by atoms with van der Waals surface area (Å²) in [5, 5.41) is 0. The van der Waals surface area contributed by atoms with Gasteiger partial charge in [-0.1, -0.05) is 13.0 Å². The van der Waals surface area contributed by atoms with Gasteiger partial charge in [0.25, 0.3) is 0 Å². The first-order chi connectivity index (χ1) is 6.74. The Morgan fingerprint density at radius 3 is 3.00 bits per heavy atom. The molecule has 74 valence electrons. The lowest BCUT2D eigenvalue weighted by molar-refractivity contribution is 0.731. The van der Waals surface area contributed by atoms with Crippen LogP contribution in [0, 0.1) is 6.92 Å². The molecule has 3 nitrogen and oxygen atoms in total.